The number of hydrogen-bond donors (Lipinski definition) is 1. The molecule has 1 N–H and O–H groups in total. The second-order valence-corrected chi connectivity index (χ2v) is 8.19. The fourth-order valence-corrected chi connectivity index (χ4v) is 4.01. The molecule has 162 valence electrons. The number of carbonyl (C=O) groups excluding carboxylic acids is 2. The molecular formula is C23H30N2O4S. The molecule has 0 bridgehead atoms. The minimum Gasteiger partial charge on any atom is -0.490 e. The van der Waals surface area contributed by atoms with Crippen molar-refractivity contribution in [3.8, 4) is 11.5 Å². The lowest BCUT2D eigenvalue weighted by molar-refractivity contribution is 0.0697. The standard InChI is InChI=1S/C23H30N2O4S/c1-3-12-28-20-6-5-17(15-21(20)29-13-4-2)23(27)25-10-7-19(8-11-25)24-22(26)18-9-14-30-16-18/h5-6,9,14-16,19H,3-4,7-8,10-13H2,1-2H3,(H,24,26). The Kier molecular flexibility index (Phi) is 8.13. The van der Waals surface area contributed by atoms with Crippen molar-refractivity contribution in [1.29, 1.82) is 0 Å². The number of piperidine rings is 1. The van der Waals surface area contributed by atoms with Gasteiger partial charge < -0.3 is 19.7 Å². The molecule has 3 rings (SSSR count). The van der Waals surface area contributed by atoms with Gasteiger partial charge >= 0.3 is 0 Å². The molecule has 1 aliphatic heterocycles. The van der Waals surface area contributed by atoms with Gasteiger partial charge in [-0.1, -0.05) is 13.8 Å². The maximum Gasteiger partial charge on any atom is 0.253 e. The van der Waals surface area contributed by atoms with Crippen LogP contribution in [0.3, 0.4) is 0 Å². The number of rotatable bonds is 9. The van der Waals surface area contributed by atoms with Crippen LogP contribution in [0.25, 0.3) is 0 Å². The second kappa shape index (κ2) is 11.0. The topological polar surface area (TPSA) is 67.9 Å². The average molecular weight is 431 g/mol. The largest absolute Gasteiger partial charge is 0.490 e. The number of carbonyl (C=O) groups is 2. The molecule has 1 fully saturated rings. The summed E-state index contributed by atoms with van der Waals surface area (Å²) in [6, 6.07) is 7.32. The molecule has 1 aliphatic rings. The highest BCUT2D eigenvalue weighted by molar-refractivity contribution is 7.08. The van der Waals surface area contributed by atoms with Crippen LogP contribution in [0.4, 0.5) is 0 Å². The van der Waals surface area contributed by atoms with Gasteiger partial charge in [0.1, 0.15) is 0 Å². The van der Waals surface area contributed by atoms with Gasteiger partial charge in [-0.15, -0.1) is 0 Å². The fourth-order valence-electron chi connectivity index (χ4n) is 3.37. The van der Waals surface area contributed by atoms with Crippen molar-refractivity contribution in [2.24, 2.45) is 0 Å². The van der Waals surface area contributed by atoms with Crippen LogP contribution < -0.4 is 14.8 Å². The lowest BCUT2D eigenvalue weighted by Crippen LogP contribution is -2.46. The number of benzene rings is 1. The zero-order valence-corrected chi connectivity index (χ0v) is 18.5. The molecule has 1 aromatic carbocycles. The Bertz CT molecular complexity index is 830. The molecule has 2 amide bonds. The lowest BCUT2D eigenvalue weighted by Gasteiger charge is -2.32. The molecule has 0 unspecified atom stereocenters. The Hall–Kier alpha value is -2.54. The number of nitrogens with zero attached hydrogens (tertiary/aromatic N) is 1. The zero-order chi connectivity index (χ0) is 21.3. The van der Waals surface area contributed by atoms with Crippen molar-refractivity contribution in [3.63, 3.8) is 0 Å². The molecule has 0 aliphatic carbocycles. The van der Waals surface area contributed by atoms with Crippen molar-refractivity contribution >= 4 is 23.2 Å². The summed E-state index contributed by atoms with van der Waals surface area (Å²) in [6.07, 6.45) is 3.29. The average Bonchev–Trinajstić information content (AvgIpc) is 3.32. The summed E-state index contributed by atoms with van der Waals surface area (Å²) < 4.78 is 11.6. The van der Waals surface area contributed by atoms with Crippen molar-refractivity contribution in [3.05, 3.63) is 46.2 Å². The summed E-state index contributed by atoms with van der Waals surface area (Å²) in [5.74, 6) is 1.24. The molecule has 6 nitrogen and oxygen atoms in total. The first-order valence-electron chi connectivity index (χ1n) is 10.6. The number of amides is 2. The molecule has 0 radical (unpaired) electrons. The van der Waals surface area contributed by atoms with Crippen LogP contribution in [0, 0.1) is 0 Å². The number of thiophene rings is 1. The molecule has 0 atom stereocenters. The van der Waals surface area contributed by atoms with Crippen molar-refractivity contribution in [2.45, 2.75) is 45.6 Å². The predicted molar refractivity (Wildman–Crippen MR) is 119 cm³/mol. The monoisotopic (exact) mass is 430 g/mol. The first kappa shape index (κ1) is 22.2. The smallest absolute Gasteiger partial charge is 0.253 e. The van der Waals surface area contributed by atoms with E-state index < -0.39 is 0 Å². The van der Waals surface area contributed by atoms with E-state index in [1.165, 1.54) is 11.3 Å². The highest BCUT2D eigenvalue weighted by atomic mass is 32.1. The van der Waals surface area contributed by atoms with E-state index in [2.05, 4.69) is 12.2 Å². The van der Waals surface area contributed by atoms with Crippen LogP contribution in [0.2, 0.25) is 0 Å². The van der Waals surface area contributed by atoms with Gasteiger partial charge in [-0.2, -0.15) is 11.3 Å². The van der Waals surface area contributed by atoms with E-state index in [0.717, 1.165) is 25.7 Å². The van der Waals surface area contributed by atoms with Crippen LogP contribution in [0.1, 0.15) is 60.2 Å². The van der Waals surface area contributed by atoms with Crippen LogP contribution in [-0.2, 0) is 0 Å². The van der Waals surface area contributed by atoms with Crippen molar-refractivity contribution in [1.82, 2.24) is 10.2 Å². The predicted octanol–water partition coefficient (Wildman–Crippen LogP) is 4.36. The number of ether oxygens (including phenoxy) is 2. The summed E-state index contributed by atoms with van der Waals surface area (Å²) in [4.78, 5) is 27.1. The highest BCUT2D eigenvalue weighted by Gasteiger charge is 2.25. The molecular weight excluding hydrogens is 400 g/mol. The van der Waals surface area contributed by atoms with Gasteiger partial charge in [0, 0.05) is 35.6 Å². The Labute approximate surface area is 182 Å². The fraction of sp³-hybridized carbons (Fsp3) is 0.478. The van der Waals surface area contributed by atoms with E-state index in [4.69, 9.17) is 9.47 Å². The minimum atomic E-state index is -0.0404. The van der Waals surface area contributed by atoms with Gasteiger partial charge in [0.2, 0.25) is 0 Å². The maximum absolute atomic E-state index is 13.0. The molecule has 0 saturated carbocycles. The third-order valence-corrected chi connectivity index (χ3v) is 5.70. The van der Waals surface area contributed by atoms with Gasteiger partial charge in [-0.05, 0) is 55.3 Å². The highest BCUT2D eigenvalue weighted by Crippen LogP contribution is 2.30. The SMILES string of the molecule is CCCOc1ccc(C(=O)N2CCC(NC(=O)c3ccsc3)CC2)cc1OCCC. The first-order chi connectivity index (χ1) is 14.6. The number of likely N-dealkylation sites (tertiary alicyclic amines) is 1. The Morgan fingerprint density at radius 1 is 1.03 bits per heavy atom. The summed E-state index contributed by atoms with van der Waals surface area (Å²) in [6.45, 7) is 6.52. The third kappa shape index (κ3) is 5.75. The van der Waals surface area contributed by atoms with Gasteiger partial charge in [0.05, 0.1) is 13.2 Å². The van der Waals surface area contributed by atoms with Gasteiger partial charge in [0.25, 0.3) is 11.8 Å². The first-order valence-corrected chi connectivity index (χ1v) is 11.6. The van der Waals surface area contributed by atoms with Crippen molar-refractivity contribution in [2.75, 3.05) is 26.3 Å². The van der Waals surface area contributed by atoms with Crippen LogP contribution in [-0.4, -0.2) is 49.1 Å². The summed E-state index contributed by atoms with van der Waals surface area (Å²) in [5.41, 5.74) is 1.30. The normalized spacial score (nSPS) is 14.4. The minimum absolute atomic E-state index is 0.0130. The molecule has 2 heterocycles. The van der Waals surface area contributed by atoms with Gasteiger partial charge in [0.15, 0.2) is 11.5 Å². The lowest BCUT2D eigenvalue weighted by atomic mass is 10.0. The summed E-state index contributed by atoms with van der Waals surface area (Å²) in [5, 5.41) is 6.82. The maximum atomic E-state index is 13.0. The Morgan fingerprint density at radius 3 is 2.37 bits per heavy atom. The van der Waals surface area contributed by atoms with Crippen LogP contribution >= 0.6 is 11.3 Å². The number of hydrogen-bond acceptors (Lipinski definition) is 5. The zero-order valence-electron chi connectivity index (χ0n) is 17.7. The Balaban J connectivity index is 1.59. The van der Waals surface area contributed by atoms with Crippen LogP contribution in [0.5, 0.6) is 11.5 Å². The van der Waals surface area contributed by atoms with Gasteiger partial charge in [-0.25, -0.2) is 0 Å². The quantitative estimate of drug-likeness (QED) is 0.642. The van der Waals surface area contributed by atoms with E-state index >= 15 is 0 Å². The molecule has 2 aromatic rings. The summed E-state index contributed by atoms with van der Waals surface area (Å²) >= 11 is 1.51. The Morgan fingerprint density at radius 2 is 1.73 bits per heavy atom. The van der Waals surface area contributed by atoms with Gasteiger partial charge in [-0.3, -0.25) is 9.59 Å². The number of nitrogens with one attached hydrogen (secondary N) is 1. The molecule has 0 spiro atoms. The van der Waals surface area contributed by atoms with E-state index in [0.29, 0.717) is 48.9 Å². The molecule has 30 heavy (non-hydrogen) atoms. The molecule has 1 saturated heterocycles. The van der Waals surface area contributed by atoms with Crippen molar-refractivity contribution < 1.29 is 19.1 Å². The van der Waals surface area contributed by atoms with E-state index in [-0.39, 0.29) is 17.9 Å². The third-order valence-electron chi connectivity index (χ3n) is 5.01. The van der Waals surface area contributed by atoms with E-state index in [9.17, 15) is 9.59 Å². The van der Waals surface area contributed by atoms with Crippen LogP contribution in [0.15, 0.2) is 35.0 Å². The molecule has 7 heteroatoms. The summed E-state index contributed by atoms with van der Waals surface area (Å²) in [7, 11) is 0. The van der Waals surface area contributed by atoms with E-state index in [1.54, 1.807) is 12.1 Å². The molecule has 1 aromatic heterocycles. The van der Waals surface area contributed by atoms with E-state index in [1.807, 2.05) is 34.7 Å². The second-order valence-electron chi connectivity index (χ2n) is 7.41.